The summed E-state index contributed by atoms with van der Waals surface area (Å²) in [5, 5.41) is 0. The van der Waals surface area contributed by atoms with Gasteiger partial charge in [0.05, 0.1) is 5.41 Å². The Morgan fingerprint density at radius 2 is 1.02 bits per heavy atom. The molecular formula is C49H50O2. The molecule has 0 saturated carbocycles. The van der Waals surface area contributed by atoms with E-state index in [-0.39, 0.29) is 0 Å². The average molecular weight is 671 g/mol. The predicted octanol–water partition coefficient (Wildman–Crippen LogP) is 13.2. The van der Waals surface area contributed by atoms with E-state index in [0.29, 0.717) is 11.1 Å². The summed E-state index contributed by atoms with van der Waals surface area (Å²) in [5.74, 6) is 0. The van der Waals surface area contributed by atoms with Crippen LogP contribution < -0.4 is 0 Å². The molecule has 5 aromatic rings. The molecule has 7 rings (SSSR count). The number of carbonyl (C=O) groups excluding carboxylic acids is 2. The van der Waals surface area contributed by atoms with Crippen LogP contribution in [-0.4, -0.2) is 12.6 Å². The van der Waals surface area contributed by atoms with Crippen LogP contribution in [0.5, 0.6) is 0 Å². The maximum Gasteiger partial charge on any atom is 0.150 e. The van der Waals surface area contributed by atoms with Crippen molar-refractivity contribution in [1.82, 2.24) is 0 Å². The van der Waals surface area contributed by atoms with Gasteiger partial charge >= 0.3 is 0 Å². The molecule has 2 aliphatic carbocycles. The number of carbonyl (C=O) groups is 2. The number of hydrogen-bond acceptors (Lipinski definition) is 2. The van der Waals surface area contributed by atoms with E-state index in [2.05, 4.69) is 86.6 Å². The van der Waals surface area contributed by atoms with Crippen molar-refractivity contribution >= 4 is 18.1 Å². The molecule has 2 heteroatoms. The van der Waals surface area contributed by atoms with Gasteiger partial charge in [-0.05, 0) is 111 Å². The number of hydrogen-bond donors (Lipinski definition) is 0. The Hall–Kier alpha value is -4.82. The van der Waals surface area contributed by atoms with Crippen LogP contribution in [0.1, 0.15) is 145 Å². The van der Waals surface area contributed by atoms with Crippen molar-refractivity contribution in [2.24, 2.45) is 0 Å². The molecule has 2 nitrogen and oxygen atoms in total. The number of benzene rings is 5. The zero-order chi connectivity index (χ0) is 35.2. The Labute approximate surface area is 304 Å². The molecule has 0 amide bonds. The minimum absolute atomic E-state index is 0.642. The van der Waals surface area contributed by atoms with Crippen molar-refractivity contribution in [3.63, 3.8) is 0 Å². The fourth-order valence-corrected chi connectivity index (χ4v) is 8.95. The Morgan fingerprint density at radius 3 is 1.61 bits per heavy atom. The quantitative estimate of drug-likeness (QED) is 0.0757. The lowest BCUT2D eigenvalue weighted by atomic mass is 9.67. The van der Waals surface area contributed by atoms with E-state index in [1.807, 2.05) is 36.4 Å². The van der Waals surface area contributed by atoms with Crippen LogP contribution in [0.3, 0.4) is 0 Å². The lowest BCUT2D eigenvalue weighted by molar-refractivity contribution is 0.111. The predicted molar refractivity (Wildman–Crippen MR) is 213 cm³/mol. The van der Waals surface area contributed by atoms with Gasteiger partial charge in [0.1, 0.15) is 12.6 Å². The van der Waals surface area contributed by atoms with E-state index in [0.717, 1.165) is 36.5 Å². The lowest BCUT2D eigenvalue weighted by Crippen LogP contribution is -2.29. The summed E-state index contributed by atoms with van der Waals surface area (Å²) in [7, 11) is 0. The third kappa shape index (κ3) is 6.35. The molecule has 0 aliphatic heterocycles. The van der Waals surface area contributed by atoms with Gasteiger partial charge in [0.25, 0.3) is 0 Å². The standard InChI is InChI=1S/C49H50O2/c1-3-5-7-9-11-21-37(22-12-10-8-6-4-2)48-42-27-14-13-25-40(42)43-32-47-44(31-45(43)48)41-26-15-16-28-46(41)49(47,38-23-17-19-35(29-38)33-50)39-24-18-20-36(30-39)34-51/h13-20,23-34H,3-12,21-22H2,1-2H3. The summed E-state index contributed by atoms with van der Waals surface area (Å²) in [6.07, 6.45) is 17.0. The van der Waals surface area contributed by atoms with Crippen LogP contribution in [0.15, 0.2) is 115 Å². The van der Waals surface area contributed by atoms with Gasteiger partial charge in [0.2, 0.25) is 0 Å². The zero-order valence-electron chi connectivity index (χ0n) is 30.3. The smallest absolute Gasteiger partial charge is 0.150 e. The molecule has 0 atom stereocenters. The Balaban J connectivity index is 1.48. The topological polar surface area (TPSA) is 34.1 Å². The molecule has 0 bridgehead atoms. The molecule has 0 N–H and O–H groups in total. The number of allylic oxidation sites excluding steroid dienone is 1. The Kier molecular flexibility index (Phi) is 10.6. The van der Waals surface area contributed by atoms with Gasteiger partial charge < -0.3 is 0 Å². The molecule has 0 saturated heterocycles. The van der Waals surface area contributed by atoms with Crippen molar-refractivity contribution in [3.05, 3.63) is 159 Å². The highest BCUT2D eigenvalue weighted by molar-refractivity contribution is 6.05. The fourth-order valence-electron chi connectivity index (χ4n) is 8.95. The highest BCUT2D eigenvalue weighted by atomic mass is 16.1. The maximum atomic E-state index is 12.2. The highest BCUT2D eigenvalue weighted by Gasteiger charge is 2.47. The third-order valence-electron chi connectivity index (χ3n) is 11.4. The van der Waals surface area contributed by atoms with Gasteiger partial charge in [-0.25, -0.2) is 0 Å². The van der Waals surface area contributed by atoms with Gasteiger partial charge in [-0.1, -0.05) is 156 Å². The van der Waals surface area contributed by atoms with Crippen molar-refractivity contribution in [1.29, 1.82) is 0 Å². The van der Waals surface area contributed by atoms with Crippen LogP contribution in [-0.2, 0) is 5.41 Å². The average Bonchev–Trinajstić information content (AvgIpc) is 3.66. The first-order chi connectivity index (χ1) is 25.1. The van der Waals surface area contributed by atoms with Gasteiger partial charge in [-0.3, -0.25) is 9.59 Å². The first kappa shape index (κ1) is 34.6. The van der Waals surface area contributed by atoms with E-state index in [4.69, 9.17) is 0 Å². The largest absolute Gasteiger partial charge is 0.298 e. The fraction of sp³-hybridized carbons (Fsp3) is 0.306. The molecule has 0 unspecified atom stereocenters. The molecule has 0 spiro atoms. The molecule has 51 heavy (non-hydrogen) atoms. The van der Waals surface area contributed by atoms with Crippen molar-refractivity contribution in [3.8, 4) is 22.3 Å². The third-order valence-corrected chi connectivity index (χ3v) is 11.4. The molecule has 258 valence electrons. The number of aldehydes is 2. The van der Waals surface area contributed by atoms with Crippen molar-refractivity contribution < 1.29 is 9.59 Å². The molecule has 0 heterocycles. The van der Waals surface area contributed by atoms with E-state index in [1.165, 1.54) is 114 Å². The summed E-state index contributed by atoms with van der Waals surface area (Å²) >= 11 is 0. The van der Waals surface area contributed by atoms with Crippen LogP contribution in [0.25, 0.3) is 27.8 Å². The summed E-state index contributed by atoms with van der Waals surface area (Å²) in [6.45, 7) is 4.58. The minimum Gasteiger partial charge on any atom is -0.298 e. The van der Waals surface area contributed by atoms with E-state index in [1.54, 1.807) is 5.57 Å². The van der Waals surface area contributed by atoms with Gasteiger partial charge in [0.15, 0.2) is 0 Å². The van der Waals surface area contributed by atoms with Gasteiger partial charge in [-0.15, -0.1) is 0 Å². The second kappa shape index (κ2) is 15.6. The monoisotopic (exact) mass is 670 g/mol. The Bertz CT molecular complexity index is 2010. The van der Waals surface area contributed by atoms with Crippen LogP contribution in [0, 0.1) is 0 Å². The number of fused-ring (bicyclic) bond motifs is 6. The molecule has 0 fully saturated rings. The van der Waals surface area contributed by atoms with E-state index >= 15 is 0 Å². The number of unbranched alkanes of at least 4 members (excludes halogenated alkanes) is 8. The van der Waals surface area contributed by atoms with Crippen LogP contribution in [0.4, 0.5) is 0 Å². The van der Waals surface area contributed by atoms with Crippen molar-refractivity contribution in [2.45, 2.75) is 96.3 Å². The molecular weight excluding hydrogens is 621 g/mol. The Morgan fingerprint density at radius 1 is 0.471 bits per heavy atom. The minimum atomic E-state index is -0.707. The molecule has 5 aromatic carbocycles. The second-order valence-electron chi connectivity index (χ2n) is 14.6. The van der Waals surface area contributed by atoms with E-state index < -0.39 is 5.41 Å². The highest BCUT2D eigenvalue weighted by Crippen LogP contribution is 2.59. The van der Waals surface area contributed by atoms with Gasteiger partial charge in [0, 0.05) is 11.1 Å². The van der Waals surface area contributed by atoms with Crippen LogP contribution in [0.2, 0.25) is 0 Å². The molecule has 2 aliphatic rings. The first-order valence-corrected chi connectivity index (χ1v) is 19.4. The summed E-state index contributed by atoms with van der Waals surface area (Å²) in [4.78, 5) is 24.4. The summed E-state index contributed by atoms with van der Waals surface area (Å²) < 4.78 is 0. The SMILES string of the molecule is CCCCCCCC(CCCCCCC)=C1c2ccccc2-c2cc3c(cc21)-c1ccccc1C3(c1cccc(C=O)c1)c1cccc(C=O)c1. The normalized spacial score (nSPS) is 13.3. The summed E-state index contributed by atoms with van der Waals surface area (Å²) in [5.41, 5.74) is 15.8. The van der Waals surface area contributed by atoms with Crippen LogP contribution >= 0.6 is 0 Å². The lowest BCUT2D eigenvalue weighted by Gasteiger charge is -2.34. The zero-order valence-corrected chi connectivity index (χ0v) is 30.3. The summed E-state index contributed by atoms with van der Waals surface area (Å²) in [6, 6.07) is 38.8. The number of rotatable bonds is 16. The maximum absolute atomic E-state index is 12.2. The van der Waals surface area contributed by atoms with Crippen molar-refractivity contribution in [2.75, 3.05) is 0 Å². The van der Waals surface area contributed by atoms with E-state index in [9.17, 15) is 9.59 Å². The first-order valence-electron chi connectivity index (χ1n) is 19.4. The molecule has 0 aromatic heterocycles. The second-order valence-corrected chi connectivity index (χ2v) is 14.6. The molecule has 0 radical (unpaired) electrons. The van der Waals surface area contributed by atoms with Gasteiger partial charge in [-0.2, -0.15) is 0 Å².